The highest BCUT2D eigenvalue weighted by Gasteiger charge is 2.25. The maximum absolute atomic E-state index is 12.6. The van der Waals surface area contributed by atoms with Crippen molar-refractivity contribution in [3.63, 3.8) is 0 Å². The first-order valence-corrected chi connectivity index (χ1v) is 8.43. The molecule has 1 unspecified atom stereocenters. The number of likely N-dealkylation sites (N-methyl/N-ethyl adjacent to an activating group) is 1. The van der Waals surface area contributed by atoms with E-state index in [1.807, 2.05) is 16.8 Å². The van der Waals surface area contributed by atoms with E-state index in [-0.39, 0.29) is 18.6 Å². The molecular weight excluding hydrogens is 308 g/mol. The van der Waals surface area contributed by atoms with Crippen LogP contribution in [-0.2, 0) is 9.53 Å². The fourth-order valence-corrected chi connectivity index (χ4v) is 3.00. The molecule has 8 nitrogen and oxygen atoms in total. The van der Waals surface area contributed by atoms with Gasteiger partial charge in [0.05, 0.1) is 19.0 Å². The monoisotopic (exact) mass is 332 g/mol. The molecule has 1 N–H and O–H groups in total. The van der Waals surface area contributed by atoms with Crippen LogP contribution in [-0.4, -0.2) is 70.1 Å². The van der Waals surface area contributed by atoms with E-state index in [2.05, 4.69) is 26.9 Å². The Morgan fingerprint density at radius 1 is 1.46 bits per heavy atom. The topological polar surface area (TPSA) is 87.2 Å². The molecule has 0 bridgehead atoms. The maximum atomic E-state index is 12.6. The largest absolute Gasteiger partial charge is 0.376 e. The number of likely N-dealkylation sites (tertiary alicyclic amines) is 1. The summed E-state index contributed by atoms with van der Waals surface area (Å²) in [5.41, 5.74) is 1.35. The number of nitrogens with one attached hydrogen (secondary N) is 1. The van der Waals surface area contributed by atoms with E-state index in [0.717, 1.165) is 37.9 Å². The van der Waals surface area contributed by atoms with Gasteiger partial charge >= 0.3 is 0 Å². The lowest BCUT2D eigenvalue weighted by Gasteiger charge is -2.33. The van der Waals surface area contributed by atoms with Gasteiger partial charge in [-0.05, 0) is 19.3 Å². The van der Waals surface area contributed by atoms with Crippen molar-refractivity contribution in [1.82, 2.24) is 24.8 Å². The number of carbonyl (C=O) groups is 1. The van der Waals surface area contributed by atoms with Crippen molar-refractivity contribution < 1.29 is 9.53 Å². The Hall–Kier alpha value is -2.22. The smallest absolute Gasteiger partial charge is 0.242 e. The first-order chi connectivity index (χ1) is 11.7. The summed E-state index contributed by atoms with van der Waals surface area (Å²) >= 11 is 0. The average molecular weight is 332 g/mol. The van der Waals surface area contributed by atoms with E-state index in [1.54, 1.807) is 6.33 Å². The molecule has 0 aromatic carbocycles. The molecule has 3 heterocycles. The molecular formula is C16H24N6O2. The number of carbonyl (C=O) groups excluding carboxylic acids is 1. The highest BCUT2D eigenvalue weighted by molar-refractivity contribution is 5.87. The molecule has 0 spiro atoms. The average Bonchev–Trinajstić information content (AvgIpc) is 3.08. The highest BCUT2D eigenvalue weighted by atomic mass is 16.5. The molecule has 0 saturated carbocycles. The number of H-pyrrole nitrogens is 1. The molecule has 8 heteroatoms. The van der Waals surface area contributed by atoms with Gasteiger partial charge in [-0.2, -0.15) is 0 Å². The molecule has 1 atom stereocenters. The summed E-state index contributed by atoms with van der Waals surface area (Å²) in [6.45, 7) is 4.59. The third-order valence-electron chi connectivity index (χ3n) is 4.23. The van der Waals surface area contributed by atoms with Crippen LogP contribution in [0.15, 0.2) is 12.7 Å². The van der Waals surface area contributed by atoms with Gasteiger partial charge in [-0.15, -0.1) is 0 Å². The van der Waals surface area contributed by atoms with Gasteiger partial charge in [-0.3, -0.25) is 4.79 Å². The lowest BCUT2D eigenvalue weighted by atomic mass is 10.1. The Morgan fingerprint density at radius 3 is 3.17 bits per heavy atom. The molecule has 3 rings (SSSR count). The number of anilines is 1. The zero-order valence-corrected chi connectivity index (χ0v) is 14.2. The minimum atomic E-state index is 0.0913. The van der Waals surface area contributed by atoms with Crippen LogP contribution in [0.1, 0.15) is 26.2 Å². The summed E-state index contributed by atoms with van der Waals surface area (Å²) in [6.07, 6.45) is 6.23. The second kappa shape index (κ2) is 7.57. The Kier molecular flexibility index (Phi) is 5.24. The normalized spacial score (nSPS) is 18.1. The Morgan fingerprint density at radius 2 is 2.33 bits per heavy atom. The number of hydrogen-bond donors (Lipinski definition) is 1. The molecule has 2 aromatic heterocycles. The third kappa shape index (κ3) is 3.64. The van der Waals surface area contributed by atoms with E-state index in [0.29, 0.717) is 18.0 Å². The molecule has 1 aliphatic rings. The van der Waals surface area contributed by atoms with Gasteiger partial charge in [0.15, 0.2) is 11.5 Å². The Labute approximate surface area is 141 Å². The van der Waals surface area contributed by atoms with Crippen LogP contribution in [0.4, 0.5) is 5.82 Å². The zero-order chi connectivity index (χ0) is 16.9. The van der Waals surface area contributed by atoms with E-state index >= 15 is 0 Å². The highest BCUT2D eigenvalue weighted by Crippen LogP contribution is 2.19. The van der Waals surface area contributed by atoms with Gasteiger partial charge in [0.1, 0.15) is 11.8 Å². The van der Waals surface area contributed by atoms with Crippen LogP contribution in [0.3, 0.4) is 0 Å². The molecule has 1 aliphatic heterocycles. The summed E-state index contributed by atoms with van der Waals surface area (Å²) in [5.74, 6) is 0.773. The standard InChI is InChI=1S/C16H24N6O2/c1-3-7-24-12-5-4-6-22(8-12)13(23)9-21(2)16-14-15(18-10-17-14)19-11-20-16/h10-12H,3-9H2,1-2H3,(H,17,18,19,20). The molecule has 0 aliphatic carbocycles. The minimum Gasteiger partial charge on any atom is -0.376 e. The second-order valence-corrected chi connectivity index (χ2v) is 6.13. The number of aromatic nitrogens is 4. The Bertz CT molecular complexity index is 688. The van der Waals surface area contributed by atoms with E-state index in [1.165, 1.54) is 6.33 Å². The summed E-state index contributed by atoms with van der Waals surface area (Å²) in [7, 11) is 1.86. The lowest BCUT2D eigenvalue weighted by Crippen LogP contribution is -2.47. The van der Waals surface area contributed by atoms with Gasteiger partial charge in [-0.25, -0.2) is 15.0 Å². The first-order valence-electron chi connectivity index (χ1n) is 8.43. The predicted octanol–water partition coefficient (Wildman–Crippen LogP) is 1.21. The van der Waals surface area contributed by atoms with Crippen molar-refractivity contribution in [1.29, 1.82) is 0 Å². The van der Waals surface area contributed by atoms with Gasteiger partial charge < -0.3 is 19.5 Å². The molecule has 2 aromatic rings. The van der Waals surface area contributed by atoms with E-state index < -0.39 is 0 Å². The first kappa shape index (κ1) is 16.6. The van der Waals surface area contributed by atoms with Crippen molar-refractivity contribution in [2.75, 3.05) is 38.2 Å². The number of hydrogen-bond acceptors (Lipinski definition) is 6. The van der Waals surface area contributed by atoms with Crippen LogP contribution >= 0.6 is 0 Å². The van der Waals surface area contributed by atoms with Crippen molar-refractivity contribution in [3.05, 3.63) is 12.7 Å². The minimum absolute atomic E-state index is 0.0913. The van der Waals surface area contributed by atoms with Gasteiger partial charge in [0, 0.05) is 26.7 Å². The fraction of sp³-hybridized carbons (Fsp3) is 0.625. The van der Waals surface area contributed by atoms with Gasteiger partial charge in [-0.1, -0.05) is 6.92 Å². The fourth-order valence-electron chi connectivity index (χ4n) is 3.00. The molecule has 1 saturated heterocycles. The molecule has 1 fully saturated rings. The third-order valence-corrected chi connectivity index (χ3v) is 4.23. The van der Waals surface area contributed by atoms with Crippen LogP contribution in [0, 0.1) is 0 Å². The predicted molar refractivity (Wildman–Crippen MR) is 90.8 cm³/mol. The zero-order valence-electron chi connectivity index (χ0n) is 14.2. The van der Waals surface area contributed by atoms with Crippen LogP contribution < -0.4 is 4.90 Å². The molecule has 1 amide bonds. The molecule has 130 valence electrons. The number of imidazole rings is 1. The molecule has 0 radical (unpaired) electrons. The number of aromatic amines is 1. The summed E-state index contributed by atoms with van der Waals surface area (Å²) in [6, 6.07) is 0. The molecule has 24 heavy (non-hydrogen) atoms. The quantitative estimate of drug-likeness (QED) is 0.855. The lowest BCUT2D eigenvalue weighted by molar-refractivity contribution is -0.133. The van der Waals surface area contributed by atoms with Crippen molar-refractivity contribution in [2.45, 2.75) is 32.3 Å². The number of fused-ring (bicyclic) bond motifs is 1. The van der Waals surface area contributed by atoms with Crippen LogP contribution in [0.5, 0.6) is 0 Å². The van der Waals surface area contributed by atoms with Gasteiger partial charge in [0.2, 0.25) is 5.91 Å². The Balaban J connectivity index is 1.62. The van der Waals surface area contributed by atoms with E-state index in [9.17, 15) is 4.79 Å². The van der Waals surface area contributed by atoms with Gasteiger partial charge in [0.25, 0.3) is 0 Å². The van der Waals surface area contributed by atoms with Crippen molar-refractivity contribution in [2.24, 2.45) is 0 Å². The van der Waals surface area contributed by atoms with E-state index in [4.69, 9.17) is 4.74 Å². The van der Waals surface area contributed by atoms with Crippen LogP contribution in [0.2, 0.25) is 0 Å². The van der Waals surface area contributed by atoms with Crippen LogP contribution in [0.25, 0.3) is 11.2 Å². The number of ether oxygens (including phenoxy) is 1. The number of nitrogens with zero attached hydrogens (tertiary/aromatic N) is 5. The van der Waals surface area contributed by atoms with Crippen molar-refractivity contribution in [3.8, 4) is 0 Å². The summed E-state index contributed by atoms with van der Waals surface area (Å²) < 4.78 is 5.81. The summed E-state index contributed by atoms with van der Waals surface area (Å²) in [5, 5.41) is 0. The maximum Gasteiger partial charge on any atom is 0.242 e. The van der Waals surface area contributed by atoms with Crippen molar-refractivity contribution >= 4 is 22.9 Å². The second-order valence-electron chi connectivity index (χ2n) is 6.13. The summed E-state index contributed by atoms with van der Waals surface area (Å²) in [4.78, 5) is 31.9. The number of piperidine rings is 1. The number of amides is 1. The SMILES string of the molecule is CCCOC1CCCN(C(=O)CN(C)c2ncnc3nc[nH]c23)C1. The number of rotatable bonds is 6.